The summed E-state index contributed by atoms with van der Waals surface area (Å²) in [6.45, 7) is 4.18. The SMILES string of the molecule is CCOP(=O)(OCC)C(Nc1ccc2ncsc2c1)c1ccnc(C2CC2)n1. The molecule has 1 aliphatic rings. The molecule has 148 valence electrons. The van der Waals surface area contributed by atoms with Gasteiger partial charge in [0.15, 0.2) is 5.78 Å². The predicted octanol–water partition coefficient (Wildman–Crippen LogP) is 5.34. The Bertz CT molecular complexity index is 998. The van der Waals surface area contributed by atoms with Gasteiger partial charge in [-0.05, 0) is 51.0 Å². The van der Waals surface area contributed by atoms with Crippen molar-refractivity contribution in [3.8, 4) is 0 Å². The van der Waals surface area contributed by atoms with Crippen molar-refractivity contribution < 1.29 is 13.6 Å². The molecule has 1 unspecified atom stereocenters. The van der Waals surface area contributed by atoms with Crippen molar-refractivity contribution >= 4 is 34.8 Å². The molecule has 0 bridgehead atoms. The number of hydrogen-bond acceptors (Lipinski definition) is 8. The average molecular weight is 418 g/mol. The summed E-state index contributed by atoms with van der Waals surface area (Å²) in [5, 5.41) is 3.35. The lowest BCUT2D eigenvalue weighted by Gasteiger charge is -2.27. The van der Waals surface area contributed by atoms with E-state index < -0.39 is 13.4 Å². The van der Waals surface area contributed by atoms with Gasteiger partial charge in [-0.2, -0.15) is 0 Å². The third-order valence-electron chi connectivity index (χ3n) is 4.49. The number of fused-ring (bicyclic) bond motifs is 1. The number of rotatable bonds is 9. The summed E-state index contributed by atoms with van der Waals surface area (Å²) < 4.78 is 26.0. The minimum Gasteiger partial charge on any atom is -0.367 e. The average Bonchev–Trinajstić information content (AvgIpc) is 3.44. The molecule has 1 fully saturated rings. The van der Waals surface area contributed by atoms with E-state index in [1.165, 1.54) is 0 Å². The number of nitrogens with zero attached hydrogens (tertiary/aromatic N) is 3. The Balaban J connectivity index is 1.73. The zero-order chi connectivity index (χ0) is 19.6. The molecule has 0 spiro atoms. The molecule has 7 nitrogen and oxygen atoms in total. The first-order valence-corrected chi connectivity index (χ1v) is 11.9. The van der Waals surface area contributed by atoms with Gasteiger partial charge in [-0.3, -0.25) is 4.57 Å². The molecule has 0 aliphatic heterocycles. The molecule has 1 aliphatic carbocycles. The van der Waals surface area contributed by atoms with Crippen LogP contribution in [0.25, 0.3) is 10.2 Å². The zero-order valence-corrected chi connectivity index (χ0v) is 17.6. The van der Waals surface area contributed by atoms with Crippen LogP contribution in [0.4, 0.5) is 5.69 Å². The normalized spacial score (nSPS) is 15.6. The van der Waals surface area contributed by atoms with Crippen LogP contribution in [-0.4, -0.2) is 28.2 Å². The maximum atomic E-state index is 13.7. The summed E-state index contributed by atoms with van der Waals surface area (Å²) in [4.78, 5) is 13.4. The van der Waals surface area contributed by atoms with E-state index >= 15 is 0 Å². The van der Waals surface area contributed by atoms with Crippen molar-refractivity contribution in [2.24, 2.45) is 0 Å². The fraction of sp³-hybridized carbons (Fsp3) is 0.421. The molecule has 3 aromatic rings. The molecule has 1 aromatic carbocycles. The lowest BCUT2D eigenvalue weighted by molar-refractivity contribution is 0.213. The monoisotopic (exact) mass is 418 g/mol. The van der Waals surface area contributed by atoms with Gasteiger partial charge >= 0.3 is 7.60 Å². The van der Waals surface area contributed by atoms with Crippen LogP contribution in [0.3, 0.4) is 0 Å². The molecule has 1 N–H and O–H groups in total. The van der Waals surface area contributed by atoms with E-state index in [-0.39, 0.29) is 13.2 Å². The maximum absolute atomic E-state index is 13.7. The molecular formula is C19H23N4O3PS. The fourth-order valence-electron chi connectivity index (χ4n) is 3.04. The largest absolute Gasteiger partial charge is 0.367 e. The van der Waals surface area contributed by atoms with Gasteiger partial charge in [-0.1, -0.05) is 0 Å². The van der Waals surface area contributed by atoms with E-state index in [0.29, 0.717) is 11.6 Å². The molecule has 0 amide bonds. The van der Waals surface area contributed by atoms with Crippen LogP contribution in [0.1, 0.15) is 49.9 Å². The molecule has 28 heavy (non-hydrogen) atoms. The summed E-state index contributed by atoms with van der Waals surface area (Å²) in [6, 6.07) is 7.62. The molecule has 9 heteroatoms. The molecule has 0 radical (unpaired) electrons. The third kappa shape index (κ3) is 4.10. The van der Waals surface area contributed by atoms with E-state index in [1.807, 2.05) is 37.6 Å². The standard InChI is InChI=1S/C19H23N4O3PS/c1-3-25-27(24,26-4-2)19(16-9-10-20-18(23-16)13-5-6-13)22-14-7-8-15-17(11-14)28-12-21-15/h7-13,19,22H,3-6H2,1-2H3. The number of benzene rings is 1. The highest BCUT2D eigenvalue weighted by Gasteiger charge is 2.39. The van der Waals surface area contributed by atoms with Crippen LogP contribution < -0.4 is 5.32 Å². The van der Waals surface area contributed by atoms with Gasteiger partial charge < -0.3 is 14.4 Å². The quantitative estimate of drug-likeness (QED) is 0.469. The Morgan fingerprint density at radius 3 is 2.71 bits per heavy atom. The summed E-state index contributed by atoms with van der Waals surface area (Å²) >= 11 is 1.56. The molecule has 2 heterocycles. The van der Waals surface area contributed by atoms with Gasteiger partial charge in [0.1, 0.15) is 5.82 Å². The highest BCUT2D eigenvalue weighted by Crippen LogP contribution is 2.60. The number of nitrogens with one attached hydrogen (secondary N) is 1. The van der Waals surface area contributed by atoms with Gasteiger partial charge in [0, 0.05) is 17.8 Å². The predicted molar refractivity (Wildman–Crippen MR) is 111 cm³/mol. The number of hydrogen-bond donors (Lipinski definition) is 1. The Morgan fingerprint density at radius 2 is 2.00 bits per heavy atom. The summed E-state index contributed by atoms with van der Waals surface area (Å²) in [5.74, 6) is 0.466. The number of thiazole rings is 1. The van der Waals surface area contributed by atoms with Gasteiger partial charge in [-0.15, -0.1) is 11.3 Å². The fourth-order valence-corrected chi connectivity index (χ4v) is 5.63. The van der Waals surface area contributed by atoms with E-state index in [1.54, 1.807) is 23.6 Å². The van der Waals surface area contributed by atoms with E-state index in [4.69, 9.17) is 14.0 Å². The van der Waals surface area contributed by atoms with Crippen molar-refractivity contribution in [3.63, 3.8) is 0 Å². The van der Waals surface area contributed by atoms with Gasteiger partial charge in [-0.25, -0.2) is 15.0 Å². The molecule has 4 rings (SSSR count). The van der Waals surface area contributed by atoms with Crippen molar-refractivity contribution in [1.82, 2.24) is 15.0 Å². The molecule has 2 aromatic heterocycles. The summed E-state index contributed by atoms with van der Waals surface area (Å²) in [5.41, 5.74) is 4.17. The van der Waals surface area contributed by atoms with Crippen LogP contribution in [0.15, 0.2) is 36.0 Å². The molecule has 1 saturated carbocycles. The van der Waals surface area contributed by atoms with Crippen molar-refractivity contribution in [2.75, 3.05) is 18.5 Å². The van der Waals surface area contributed by atoms with E-state index in [9.17, 15) is 4.57 Å². The lowest BCUT2D eigenvalue weighted by atomic mass is 10.3. The van der Waals surface area contributed by atoms with Crippen molar-refractivity contribution in [1.29, 1.82) is 0 Å². The van der Waals surface area contributed by atoms with Crippen LogP contribution in [0, 0.1) is 0 Å². The first-order valence-electron chi connectivity index (χ1n) is 9.44. The number of anilines is 1. The van der Waals surface area contributed by atoms with E-state index in [2.05, 4.69) is 15.3 Å². The van der Waals surface area contributed by atoms with Crippen LogP contribution >= 0.6 is 18.9 Å². The first-order chi connectivity index (χ1) is 13.6. The molecule has 1 atom stereocenters. The molecular weight excluding hydrogens is 395 g/mol. The topological polar surface area (TPSA) is 86.2 Å². The third-order valence-corrected chi connectivity index (χ3v) is 7.54. The maximum Gasteiger partial charge on any atom is 0.358 e. The van der Waals surface area contributed by atoms with E-state index in [0.717, 1.165) is 34.6 Å². The Kier molecular flexibility index (Phi) is 5.73. The zero-order valence-electron chi connectivity index (χ0n) is 15.9. The lowest BCUT2D eigenvalue weighted by Crippen LogP contribution is -2.17. The van der Waals surface area contributed by atoms with Crippen molar-refractivity contribution in [3.05, 3.63) is 47.5 Å². The first kappa shape index (κ1) is 19.5. The number of aromatic nitrogens is 3. The summed E-state index contributed by atoms with van der Waals surface area (Å²) in [7, 11) is -3.51. The highest BCUT2D eigenvalue weighted by molar-refractivity contribution is 7.54. The summed E-state index contributed by atoms with van der Waals surface area (Å²) in [6.07, 6.45) is 3.91. The second-order valence-electron chi connectivity index (χ2n) is 6.57. The minimum atomic E-state index is -3.51. The van der Waals surface area contributed by atoms with Crippen LogP contribution in [0.2, 0.25) is 0 Å². The Hall–Kier alpha value is -1.86. The molecule has 0 saturated heterocycles. The smallest absolute Gasteiger partial charge is 0.358 e. The van der Waals surface area contributed by atoms with Gasteiger partial charge in [0.25, 0.3) is 0 Å². The van der Waals surface area contributed by atoms with Gasteiger partial charge in [0.2, 0.25) is 0 Å². The Labute approximate surface area is 168 Å². The van der Waals surface area contributed by atoms with Crippen LogP contribution in [-0.2, 0) is 13.6 Å². The minimum absolute atomic E-state index is 0.282. The van der Waals surface area contributed by atoms with Gasteiger partial charge in [0.05, 0.1) is 34.6 Å². The second-order valence-corrected chi connectivity index (χ2v) is 9.57. The van der Waals surface area contributed by atoms with Crippen LogP contribution in [0.5, 0.6) is 0 Å². The Morgan fingerprint density at radius 1 is 1.21 bits per heavy atom. The second kappa shape index (κ2) is 8.25. The highest BCUT2D eigenvalue weighted by atomic mass is 32.1. The van der Waals surface area contributed by atoms with Crippen molar-refractivity contribution in [2.45, 2.75) is 38.4 Å².